The quantitative estimate of drug-likeness (QED) is 0.880. The number of carboxylic acid groups (broad SMARTS) is 1. The summed E-state index contributed by atoms with van der Waals surface area (Å²) in [5.41, 5.74) is 0.594. The Bertz CT molecular complexity index is 437. The first kappa shape index (κ1) is 12.0. The first-order valence-electron chi connectivity index (χ1n) is 5.48. The van der Waals surface area contributed by atoms with Gasteiger partial charge in [0.15, 0.2) is 11.6 Å². The molecule has 92 valence electrons. The summed E-state index contributed by atoms with van der Waals surface area (Å²) in [4.78, 5) is 12.7. The maximum absolute atomic E-state index is 13.0. The predicted octanol–water partition coefficient (Wildman–Crippen LogP) is 2.01. The van der Waals surface area contributed by atoms with Gasteiger partial charge in [0.25, 0.3) is 0 Å². The van der Waals surface area contributed by atoms with Gasteiger partial charge in [-0.05, 0) is 37.1 Å². The van der Waals surface area contributed by atoms with Gasteiger partial charge >= 0.3 is 5.97 Å². The van der Waals surface area contributed by atoms with Crippen molar-refractivity contribution < 1.29 is 18.7 Å². The first-order valence-corrected chi connectivity index (χ1v) is 5.48. The highest BCUT2D eigenvalue weighted by molar-refractivity contribution is 5.73. The minimum Gasteiger partial charge on any atom is -0.480 e. The summed E-state index contributed by atoms with van der Waals surface area (Å²) in [6, 6.07) is 3.15. The number of rotatable bonds is 3. The maximum atomic E-state index is 13.0. The number of hydrogen-bond donors (Lipinski definition) is 1. The van der Waals surface area contributed by atoms with E-state index >= 15 is 0 Å². The number of nitrogens with zero attached hydrogens (tertiary/aromatic N) is 1. The summed E-state index contributed by atoms with van der Waals surface area (Å²) in [6.45, 7) is 1.02. The van der Waals surface area contributed by atoms with Crippen LogP contribution in [0.4, 0.5) is 8.78 Å². The highest BCUT2D eigenvalue weighted by atomic mass is 19.2. The van der Waals surface area contributed by atoms with E-state index in [0.29, 0.717) is 25.1 Å². The largest absolute Gasteiger partial charge is 0.480 e. The van der Waals surface area contributed by atoms with Crippen molar-refractivity contribution in [1.29, 1.82) is 0 Å². The molecule has 0 amide bonds. The average molecular weight is 241 g/mol. The molecule has 0 saturated carbocycles. The monoisotopic (exact) mass is 241 g/mol. The highest BCUT2D eigenvalue weighted by Crippen LogP contribution is 2.21. The topological polar surface area (TPSA) is 40.5 Å². The van der Waals surface area contributed by atoms with E-state index in [2.05, 4.69) is 0 Å². The molecular formula is C12H13F2NO2. The normalized spacial score (nSPS) is 20.7. The number of benzene rings is 1. The van der Waals surface area contributed by atoms with Gasteiger partial charge < -0.3 is 5.11 Å². The molecule has 0 bridgehead atoms. The molecule has 5 heteroatoms. The van der Waals surface area contributed by atoms with E-state index in [9.17, 15) is 13.6 Å². The van der Waals surface area contributed by atoms with E-state index in [1.54, 1.807) is 4.90 Å². The second kappa shape index (κ2) is 4.79. The summed E-state index contributed by atoms with van der Waals surface area (Å²) >= 11 is 0. The molecule has 0 spiro atoms. The molecule has 0 aromatic heterocycles. The van der Waals surface area contributed by atoms with E-state index in [0.717, 1.165) is 18.6 Å². The van der Waals surface area contributed by atoms with Crippen LogP contribution < -0.4 is 0 Å². The van der Waals surface area contributed by atoms with Crippen molar-refractivity contribution in [1.82, 2.24) is 4.90 Å². The van der Waals surface area contributed by atoms with Crippen LogP contribution in [-0.4, -0.2) is 28.6 Å². The molecule has 1 saturated heterocycles. The Morgan fingerprint density at radius 3 is 2.82 bits per heavy atom. The number of aliphatic carboxylic acids is 1. The average Bonchev–Trinajstić information content (AvgIpc) is 2.72. The zero-order chi connectivity index (χ0) is 12.4. The van der Waals surface area contributed by atoms with Crippen molar-refractivity contribution in [3.05, 3.63) is 35.4 Å². The summed E-state index contributed by atoms with van der Waals surface area (Å²) in [6.07, 6.45) is 1.43. The summed E-state index contributed by atoms with van der Waals surface area (Å²) in [7, 11) is 0. The fraction of sp³-hybridized carbons (Fsp3) is 0.417. The minimum absolute atomic E-state index is 0.341. The standard InChI is InChI=1S/C12H13F2NO2/c13-9-4-3-8(6-10(9)14)7-15-5-1-2-11(15)12(16)17/h3-4,6,11H,1-2,5,7H2,(H,16,17)/t11-/m0/s1. The lowest BCUT2D eigenvalue weighted by molar-refractivity contribution is -0.142. The van der Waals surface area contributed by atoms with Crippen molar-refractivity contribution in [2.45, 2.75) is 25.4 Å². The predicted molar refractivity (Wildman–Crippen MR) is 57.4 cm³/mol. The molecule has 1 aromatic rings. The molecule has 0 radical (unpaired) electrons. The van der Waals surface area contributed by atoms with Crippen LogP contribution >= 0.6 is 0 Å². The van der Waals surface area contributed by atoms with Gasteiger partial charge in [-0.3, -0.25) is 9.69 Å². The van der Waals surface area contributed by atoms with E-state index in [1.165, 1.54) is 6.07 Å². The van der Waals surface area contributed by atoms with Crippen molar-refractivity contribution in [3.8, 4) is 0 Å². The number of halogens is 2. The van der Waals surface area contributed by atoms with Crippen LogP contribution in [0.15, 0.2) is 18.2 Å². The van der Waals surface area contributed by atoms with Gasteiger partial charge in [-0.15, -0.1) is 0 Å². The Hall–Kier alpha value is -1.49. The molecule has 1 atom stereocenters. The molecule has 0 unspecified atom stereocenters. The van der Waals surface area contributed by atoms with Gasteiger partial charge in [0.2, 0.25) is 0 Å². The summed E-state index contributed by atoms with van der Waals surface area (Å²) in [5, 5.41) is 8.98. The van der Waals surface area contributed by atoms with Gasteiger partial charge in [0.05, 0.1) is 0 Å². The molecule has 1 aromatic carbocycles. The van der Waals surface area contributed by atoms with Crippen molar-refractivity contribution >= 4 is 5.97 Å². The van der Waals surface area contributed by atoms with Gasteiger partial charge in [-0.2, -0.15) is 0 Å². The molecular weight excluding hydrogens is 228 g/mol. The maximum Gasteiger partial charge on any atom is 0.320 e. The molecule has 3 nitrogen and oxygen atoms in total. The van der Waals surface area contributed by atoms with Crippen LogP contribution in [0, 0.1) is 11.6 Å². The van der Waals surface area contributed by atoms with Gasteiger partial charge in [0.1, 0.15) is 6.04 Å². The van der Waals surface area contributed by atoms with Crippen LogP contribution in [0.3, 0.4) is 0 Å². The minimum atomic E-state index is -0.895. The third kappa shape index (κ3) is 2.61. The van der Waals surface area contributed by atoms with Crippen LogP contribution in [-0.2, 0) is 11.3 Å². The first-order chi connectivity index (χ1) is 8.08. The van der Waals surface area contributed by atoms with E-state index in [1.807, 2.05) is 0 Å². The zero-order valence-electron chi connectivity index (χ0n) is 9.20. The fourth-order valence-electron chi connectivity index (χ4n) is 2.17. The molecule has 0 aliphatic carbocycles. The smallest absolute Gasteiger partial charge is 0.320 e. The molecule has 17 heavy (non-hydrogen) atoms. The van der Waals surface area contributed by atoms with E-state index in [4.69, 9.17) is 5.11 Å². The molecule has 1 aliphatic heterocycles. The Labute approximate surface area is 97.7 Å². The molecule has 1 fully saturated rings. The van der Waals surface area contributed by atoms with Crippen LogP contribution in [0.2, 0.25) is 0 Å². The number of carbonyl (C=O) groups is 1. The molecule has 1 aliphatic rings. The van der Waals surface area contributed by atoms with E-state index < -0.39 is 23.6 Å². The lowest BCUT2D eigenvalue weighted by atomic mass is 10.1. The lowest BCUT2D eigenvalue weighted by Gasteiger charge is -2.20. The highest BCUT2D eigenvalue weighted by Gasteiger charge is 2.30. The Morgan fingerprint density at radius 2 is 2.18 bits per heavy atom. The third-order valence-electron chi connectivity index (χ3n) is 3.02. The Morgan fingerprint density at radius 1 is 1.41 bits per heavy atom. The van der Waals surface area contributed by atoms with Crippen LogP contribution in [0.5, 0.6) is 0 Å². The third-order valence-corrected chi connectivity index (χ3v) is 3.02. The molecule has 2 rings (SSSR count). The zero-order valence-corrected chi connectivity index (χ0v) is 9.20. The number of likely N-dealkylation sites (tertiary alicyclic amines) is 1. The van der Waals surface area contributed by atoms with Crippen LogP contribution in [0.1, 0.15) is 18.4 Å². The SMILES string of the molecule is O=C(O)[C@@H]1CCCN1Cc1ccc(F)c(F)c1. The van der Waals surface area contributed by atoms with Gasteiger partial charge in [-0.1, -0.05) is 6.07 Å². The second-order valence-corrected chi connectivity index (χ2v) is 4.22. The fourth-order valence-corrected chi connectivity index (χ4v) is 2.17. The number of carboxylic acids is 1. The summed E-state index contributed by atoms with van der Waals surface area (Å²) < 4.78 is 25.7. The van der Waals surface area contributed by atoms with E-state index in [-0.39, 0.29) is 0 Å². The lowest BCUT2D eigenvalue weighted by Crippen LogP contribution is -2.35. The van der Waals surface area contributed by atoms with Crippen LogP contribution in [0.25, 0.3) is 0 Å². The van der Waals surface area contributed by atoms with Crippen molar-refractivity contribution in [2.24, 2.45) is 0 Å². The van der Waals surface area contributed by atoms with Crippen molar-refractivity contribution in [2.75, 3.05) is 6.54 Å². The Balaban J connectivity index is 2.09. The van der Waals surface area contributed by atoms with Crippen molar-refractivity contribution in [3.63, 3.8) is 0 Å². The van der Waals surface area contributed by atoms with Gasteiger partial charge in [0, 0.05) is 6.54 Å². The molecule has 1 heterocycles. The number of hydrogen-bond acceptors (Lipinski definition) is 2. The van der Waals surface area contributed by atoms with Gasteiger partial charge in [-0.25, -0.2) is 8.78 Å². The second-order valence-electron chi connectivity index (χ2n) is 4.22. The Kier molecular flexibility index (Phi) is 3.38. The molecule has 1 N–H and O–H groups in total. The summed E-state index contributed by atoms with van der Waals surface area (Å²) in [5.74, 6) is -2.64.